The van der Waals surface area contributed by atoms with Crippen LogP contribution in [0.5, 0.6) is 5.75 Å². The SMILES string of the molecule is COCCNCc1ccc(OCc2ccccn2)cn1. The molecule has 5 heteroatoms. The third-order valence-corrected chi connectivity index (χ3v) is 2.70. The van der Waals surface area contributed by atoms with E-state index in [1.54, 1.807) is 19.5 Å². The fraction of sp³-hybridized carbons (Fsp3) is 0.333. The van der Waals surface area contributed by atoms with Crippen LogP contribution in [0.25, 0.3) is 0 Å². The van der Waals surface area contributed by atoms with E-state index in [9.17, 15) is 0 Å². The first kappa shape index (κ1) is 14.4. The van der Waals surface area contributed by atoms with Crippen molar-refractivity contribution in [1.82, 2.24) is 15.3 Å². The maximum Gasteiger partial charge on any atom is 0.138 e. The van der Waals surface area contributed by atoms with E-state index in [1.165, 1.54) is 0 Å². The van der Waals surface area contributed by atoms with E-state index < -0.39 is 0 Å². The Morgan fingerprint density at radius 2 is 2.05 bits per heavy atom. The highest BCUT2D eigenvalue weighted by atomic mass is 16.5. The largest absolute Gasteiger partial charge is 0.486 e. The highest BCUT2D eigenvalue weighted by molar-refractivity contribution is 5.20. The Morgan fingerprint density at radius 1 is 1.10 bits per heavy atom. The van der Waals surface area contributed by atoms with Gasteiger partial charge in [0.15, 0.2) is 0 Å². The lowest BCUT2D eigenvalue weighted by molar-refractivity contribution is 0.199. The summed E-state index contributed by atoms with van der Waals surface area (Å²) in [5.74, 6) is 0.747. The van der Waals surface area contributed by atoms with Crippen LogP contribution in [0, 0.1) is 0 Å². The van der Waals surface area contributed by atoms with Gasteiger partial charge < -0.3 is 14.8 Å². The molecule has 0 aliphatic heterocycles. The molecular formula is C15H19N3O2. The van der Waals surface area contributed by atoms with Gasteiger partial charge >= 0.3 is 0 Å². The molecular weight excluding hydrogens is 254 g/mol. The first-order chi connectivity index (χ1) is 9.88. The van der Waals surface area contributed by atoms with Crippen LogP contribution in [0.4, 0.5) is 0 Å². The molecule has 0 spiro atoms. The smallest absolute Gasteiger partial charge is 0.138 e. The van der Waals surface area contributed by atoms with Crippen LogP contribution in [0.3, 0.4) is 0 Å². The number of hydrogen-bond acceptors (Lipinski definition) is 5. The van der Waals surface area contributed by atoms with E-state index in [2.05, 4.69) is 15.3 Å². The van der Waals surface area contributed by atoms with E-state index in [4.69, 9.17) is 9.47 Å². The molecule has 0 aromatic carbocycles. The van der Waals surface area contributed by atoms with Crippen molar-refractivity contribution in [2.45, 2.75) is 13.2 Å². The van der Waals surface area contributed by atoms with E-state index in [-0.39, 0.29) is 0 Å². The van der Waals surface area contributed by atoms with Crippen LogP contribution in [0.15, 0.2) is 42.7 Å². The molecule has 0 unspecified atom stereocenters. The van der Waals surface area contributed by atoms with Crippen molar-refractivity contribution in [2.24, 2.45) is 0 Å². The number of aromatic nitrogens is 2. The Hall–Kier alpha value is -1.98. The number of rotatable bonds is 8. The van der Waals surface area contributed by atoms with Crippen molar-refractivity contribution in [3.8, 4) is 5.75 Å². The molecule has 2 rings (SSSR count). The second-order valence-electron chi connectivity index (χ2n) is 4.26. The van der Waals surface area contributed by atoms with Gasteiger partial charge in [-0.3, -0.25) is 9.97 Å². The topological polar surface area (TPSA) is 56.3 Å². The Kier molecular flexibility index (Phi) is 5.95. The summed E-state index contributed by atoms with van der Waals surface area (Å²) in [6, 6.07) is 9.63. The number of pyridine rings is 2. The second-order valence-corrected chi connectivity index (χ2v) is 4.26. The monoisotopic (exact) mass is 273 g/mol. The maximum absolute atomic E-state index is 5.62. The lowest BCUT2D eigenvalue weighted by Gasteiger charge is -2.07. The van der Waals surface area contributed by atoms with Crippen molar-refractivity contribution in [1.29, 1.82) is 0 Å². The molecule has 0 radical (unpaired) electrons. The zero-order valence-electron chi connectivity index (χ0n) is 11.6. The minimum absolute atomic E-state index is 0.452. The predicted octanol–water partition coefficient (Wildman–Crippen LogP) is 1.79. The predicted molar refractivity (Wildman–Crippen MR) is 76.4 cm³/mol. The average molecular weight is 273 g/mol. The Morgan fingerprint density at radius 3 is 2.75 bits per heavy atom. The van der Waals surface area contributed by atoms with Crippen molar-refractivity contribution >= 4 is 0 Å². The molecule has 0 amide bonds. The third kappa shape index (κ3) is 4.95. The first-order valence-corrected chi connectivity index (χ1v) is 6.56. The van der Waals surface area contributed by atoms with Gasteiger partial charge in [0.05, 0.1) is 24.2 Å². The molecule has 5 nitrogen and oxygen atoms in total. The van der Waals surface area contributed by atoms with Crippen molar-refractivity contribution in [2.75, 3.05) is 20.3 Å². The first-order valence-electron chi connectivity index (χ1n) is 6.56. The second kappa shape index (κ2) is 8.24. The Balaban J connectivity index is 1.76. The quantitative estimate of drug-likeness (QED) is 0.743. The van der Waals surface area contributed by atoms with Gasteiger partial charge in [0, 0.05) is 26.4 Å². The third-order valence-electron chi connectivity index (χ3n) is 2.70. The fourth-order valence-corrected chi connectivity index (χ4v) is 1.63. The van der Waals surface area contributed by atoms with Gasteiger partial charge in [-0.25, -0.2) is 0 Å². The van der Waals surface area contributed by atoms with E-state index >= 15 is 0 Å². The lowest BCUT2D eigenvalue weighted by atomic mass is 10.3. The molecule has 0 fully saturated rings. The van der Waals surface area contributed by atoms with Crippen LogP contribution in [-0.4, -0.2) is 30.2 Å². The number of methoxy groups -OCH3 is 1. The molecule has 0 bridgehead atoms. The standard InChI is InChI=1S/C15H19N3O2/c1-19-9-8-16-10-13-5-6-15(11-18-13)20-12-14-4-2-3-7-17-14/h2-7,11,16H,8-10,12H2,1H3. The van der Waals surface area contributed by atoms with Crippen LogP contribution >= 0.6 is 0 Å². The molecule has 2 aromatic heterocycles. The molecule has 0 saturated carbocycles. The summed E-state index contributed by atoms with van der Waals surface area (Å²) < 4.78 is 10.6. The molecule has 1 N–H and O–H groups in total. The fourth-order valence-electron chi connectivity index (χ4n) is 1.63. The summed E-state index contributed by atoms with van der Waals surface area (Å²) in [6.45, 7) is 2.69. The van der Waals surface area contributed by atoms with Gasteiger partial charge in [-0.2, -0.15) is 0 Å². The van der Waals surface area contributed by atoms with Crippen LogP contribution in [-0.2, 0) is 17.9 Å². The van der Waals surface area contributed by atoms with Crippen LogP contribution in [0.2, 0.25) is 0 Å². The average Bonchev–Trinajstić information content (AvgIpc) is 2.52. The number of hydrogen-bond donors (Lipinski definition) is 1. The molecule has 106 valence electrons. The van der Waals surface area contributed by atoms with E-state index in [1.807, 2.05) is 30.3 Å². The number of nitrogens with zero attached hydrogens (tertiary/aromatic N) is 2. The van der Waals surface area contributed by atoms with E-state index in [0.717, 1.165) is 30.2 Å². The Labute approximate surface area is 119 Å². The normalized spacial score (nSPS) is 10.4. The van der Waals surface area contributed by atoms with Gasteiger partial charge in [0.25, 0.3) is 0 Å². The zero-order valence-corrected chi connectivity index (χ0v) is 11.6. The summed E-state index contributed by atoms with van der Waals surface area (Å²) in [5, 5.41) is 3.24. The van der Waals surface area contributed by atoms with Gasteiger partial charge in [-0.1, -0.05) is 6.07 Å². The molecule has 2 heterocycles. The summed E-state index contributed by atoms with van der Waals surface area (Å²) in [7, 11) is 1.69. The summed E-state index contributed by atoms with van der Waals surface area (Å²) in [6.07, 6.45) is 3.49. The summed E-state index contributed by atoms with van der Waals surface area (Å²) in [5.41, 5.74) is 1.88. The molecule has 2 aromatic rings. The molecule has 0 aliphatic rings. The maximum atomic E-state index is 5.62. The zero-order chi connectivity index (χ0) is 14.0. The molecule has 0 saturated heterocycles. The lowest BCUT2D eigenvalue weighted by Crippen LogP contribution is -2.19. The highest BCUT2D eigenvalue weighted by Crippen LogP contribution is 2.11. The minimum Gasteiger partial charge on any atom is -0.486 e. The van der Waals surface area contributed by atoms with Gasteiger partial charge in [0.2, 0.25) is 0 Å². The van der Waals surface area contributed by atoms with Crippen molar-refractivity contribution in [3.63, 3.8) is 0 Å². The highest BCUT2D eigenvalue weighted by Gasteiger charge is 1.98. The molecule has 0 atom stereocenters. The number of ether oxygens (including phenoxy) is 2. The van der Waals surface area contributed by atoms with E-state index in [0.29, 0.717) is 13.2 Å². The summed E-state index contributed by atoms with van der Waals surface area (Å²) >= 11 is 0. The molecule has 20 heavy (non-hydrogen) atoms. The van der Waals surface area contributed by atoms with Crippen LogP contribution < -0.4 is 10.1 Å². The number of nitrogens with one attached hydrogen (secondary N) is 1. The van der Waals surface area contributed by atoms with Gasteiger partial charge in [-0.15, -0.1) is 0 Å². The van der Waals surface area contributed by atoms with Gasteiger partial charge in [-0.05, 0) is 24.3 Å². The van der Waals surface area contributed by atoms with Gasteiger partial charge in [0.1, 0.15) is 12.4 Å². The van der Waals surface area contributed by atoms with Crippen molar-refractivity contribution in [3.05, 3.63) is 54.1 Å². The summed E-state index contributed by atoms with van der Waals surface area (Å²) in [4.78, 5) is 8.54. The van der Waals surface area contributed by atoms with Crippen molar-refractivity contribution < 1.29 is 9.47 Å². The minimum atomic E-state index is 0.452. The molecule has 0 aliphatic carbocycles. The Bertz CT molecular complexity index is 488. The van der Waals surface area contributed by atoms with Crippen LogP contribution in [0.1, 0.15) is 11.4 Å².